The lowest BCUT2D eigenvalue weighted by atomic mass is 10.2. The Balaban J connectivity index is 2.74. The molecule has 6 heteroatoms. The van der Waals surface area contributed by atoms with Crippen LogP contribution in [0.15, 0.2) is 12.4 Å². The smallest absolute Gasteiger partial charge is 0.327 e. The van der Waals surface area contributed by atoms with Gasteiger partial charge >= 0.3 is 5.97 Å². The highest BCUT2D eigenvalue weighted by molar-refractivity contribution is 5.94. The van der Waals surface area contributed by atoms with Gasteiger partial charge in [-0.15, -0.1) is 12.3 Å². The van der Waals surface area contributed by atoms with Crippen LogP contribution in [0.4, 0.5) is 0 Å². The lowest BCUT2D eigenvalue weighted by Gasteiger charge is -2.10. The molecule has 17 heavy (non-hydrogen) atoms. The molecule has 1 unspecified atom stereocenters. The molecule has 0 aliphatic carbocycles. The van der Waals surface area contributed by atoms with Crippen molar-refractivity contribution in [1.82, 2.24) is 15.3 Å². The molecule has 0 aromatic carbocycles. The number of hydrogen-bond acceptors (Lipinski definition) is 4. The normalized spacial score (nSPS) is 11.3. The fourth-order valence-corrected chi connectivity index (χ4v) is 1.06. The van der Waals surface area contributed by atoms with Gasteiger partial charge in [0, 0.05) is 12.6 Å². The average Bonchev–Trinajstić information content (AvgIpc) is 2.29. The fraction of sp³-hybridized carbons (Fsp3) is 0.273. The van der Waals surface area contributed by atoms with E-state index >= 15 is 0 Å². The van der Waals surface area contributed by atoms with E-state index in [9.17, 15) is 9.59 Å². The van der Waals surface area contributed by atoms with Gasteiger partial charge in [-0.05, 0) is 6.92 Å². The van der Waals surface area contributed by atoms with Crippen LogP contribution < -0.4 is 5.32 Å². The number of carboxylic acids is 1. The number of nitrogens with one attached hydrogen (secondary N) is 1. The van der Waals surface area contributed by atoms with Crippen LogP contribution in [0.3, 0.4) is 0 Å². The van der Waals surface area contributed by atoms with E-state index < -0.39 is 17.9 Å². The lowest BCUT2D eigenvalue weighted by Crippen LogP contribution is -2.40. The predicted molar refractivity (Wildman–Crippen MR) is 59.1 cm³/mol. The summed E-state index contributed by atoms with van der Waals surface area (Å²) >= 11 is 0. The van der Waals surface area contributed by atoms with Crippen LogP contribution in [0, 0.1) is 19.3 Å². The van der Waals surface area contributed by atoms with Gasteiger partial charge in [-0.1, -0.05) is 0 Å². The zero-order valence-corrected chi connectivity index (χ0v) is 9.17. The second kappa shape index (κ2) is 5.61. The van der Waals surface area contributed by atoms with Crippen LogP contribution >= 0.6 is 0 Å². The molecule has 0 aliphatic heterocycles. The molecule has 2 N–H and O–H groups in total. The molecule has 1 heterocycles. The minimum Gasteiger partial charge on any atom is -0.480 e. The van der Waals surface area contributed by atoms with Gasteiger partial charge in [0.1, 0.15) is 11.7 Å². The van der Waals surface area contributed by atoms with Crippen molar-refractivity contribution in [1.29, 1.82) is 0 Å². The van der Waals surface area contributed by atoms with Crippen molar-refractivity contribution in [3.05, 3.63) is 23.8 Å². The third-order valence-electron chi connectivity index (χ3n) is 1.94. The quantitative estimate of drug-likeness (QED) is 0.713. The molecule has 1 rings (SSSR count). The van der Waals surface area contributed by atoms with Gasteiger partial charge in [0.25, 0.3) is 5.91 Å². The minimum atomic E-state index is -1.18. The molecule has 0 radical (unpaired) electrons. The Kier molecular flexibility index (Phi) is 4.17. The first-order valence-corrected chi connectivity index (χ1v) is 4.80. The number of amides is 1. The van der Waals surface area contributed by atoms with Crippen LogP contribution in [-0.4, -0.2) is 33.0 Å². The average molecular weight is 233 g/mol. The van der Waals surface area contributed by atoms with Gasteiger partial charge < -0.3 is 10.4 Å². The van der Waals surface area contributed by atoms with E-state index in [-0.39, 0.29) is 12.1 Å². The number of aliphatic carboxylic acids is 1. The van der Waals surface area contributed by atoms with Gasteiger partial charge in [-0.25, -0.2) is 9.78 Å². The predicted octanol–water partition coefficient (Wildman–Crippen LogP) is -0.00868. The van der Waals surface area contributed by atoms with Gasteiger partial charge in [0.2, 0.25) is 0 Å². The maximum atomic E-state index is 11.6. The van der Waals surface area contributed by atoms with Crippen LogP contribution in [0.5, 0.6) is 0 Å². The summed E-state index contributed by atoms with van der Waals surface area (Å²) in [6.45, 7) is 1.73. The molecule has 1 amide bonds. The number of nitrogens with zero attached hydrogens (tertiary/aromatic N) is 2. The highest BCUT2D eigenvalue weighted by Gasteiger charge is 2.20. The van der Waals surface area contributed by atoms with E-state index in [1.165, 1.54) is 12.4 Å². The minimum absolute atomic E-state index is 0.0545. The molecule has 88 valence electrons. The van der Waals surface area contributed by atoms with Gasteiger partial charge in [-0.3, -0.25) is 9.78 Å². The summed E-state index contributed by atoms with van der Waals surface area (Å²) in [5.41, 5.74) is 0.721. The van der Waals surface area contributed by atoms with Crippen molar-refractivity contribution in [3.8, 4) is 12.3 Å². The van der Waals surface area contributed by atoms with E-state index in [1.807, 2.05) is 0 Å². The first-order chi connectivity index (χ1) is 8.04. The Morgan fingerprint density at radius 1 is 1.53 bits per heavy atom. The van der Waals surface area contributed by atoms with Crippen LogP contribution in [0.25, 0.3) is 0 Å². The molecule has 1 aromatic rings. The van der Waals surface area contributed by atoms with Crippen molar-refractivity contribution < 1.29 is 14.7 Å². The standard InChI is InChI=1S/C11H11N3O3/c1-3-4-8(11(16)17)14-10(15)9-6-12-7(2)5-13-9/h1,5-6,8H,4H2,2H3,(H,14,15)(H,16,17). The first kappa shape index (κ1) is 12.6. The Bertz CT molecular complexity index is 462. The number of aryl methyl sites for hydroxylation is 1. The lowest BCUT2D eigenvalue weighted by molar-refractivity contribution is -0.139. The molecule has 6 nitrogen and oxygen atoms in total. The monoisotopic (exact) mass is 233 g/mol. The largest absolute Gasteiger partial charge is 0.480 e. The third kappa shape index (κ3) is 3.57. The Morgan fingerprint density at radius 2 is 2.24 bits per heavy atom. The number of carbonyl (C=O) groups is 2. The van der Waals surface area contributed by atoms with E-state index in [0.29, 0.717) is 5.69 Å². The second-order valence-corrected chi connectivity index (χ2v) is 3.32. The molecule has 0 spiro atoms. The molecule has 1 atom stereocenters. The van der Waals surface area contributed by atoms with Crippen LogP contribution in [-0.2, 0) is 4.79 Å². The van der Waals surface area contributed by atoms with Crippen molar-refractivity contribution in [3.63, 3.8) is 0 Å². The van der Waals surface area contributed by atoms with Gasteiger partial charge in [-0.2, -0.15) is 0 Å². The summed E-state index contributed by atoms with van der Waals surface area (Å²) < 4.78 is 0. The maximum absolute atomic E-state index is 11.6. The topological polar surface area (TPSA) is 92.2 Å². The zero-order chi connectivity index (χ0) is 12.8. The first-order valence-electron chi connectivity index (χ1n) is 4.80. The third-order valence-corrected chi connectivity index (χ3v) is 1.94. The summed E-state index contributed by atoms with van der Waals surface area (Å²) in [7, 11) is 0. The van der Waals surface area contributed by atoms with Crippen molar-refractivity contribution >= 4 is 11.9 Å². The van der Waals surface area contributed by atoms with Crippen molar-refractivity contribution in [2.45, 2.75) is 19.4 Å². The van der Waals surface area contributed by atoms with E-state index in [4.69, 9.17) is 11.5 Å². The number of terminal acetylenes is 1. The number of rotatable bonds is 4. The number of carboxylic acid groups (broad SMARTS) is 1. The van der Waals surface area contributed by atoms with Crippen molar-refractivity contribution in [2.24, 2.45) is 0 Å². The van der Waals surface area contributed by atoms with Crippen molar-refractivity contribution in [2.75, 3.05) is 0 Å². The summed E-state index contributed by atoms with van der Waals surface area (Å²) in [5.74, 6) is 0.389. The molecular formula is C11H11N3O3. The summed E-state index contributed by atoms with van der Waals surface area (Å²) in [6.07, 6.45) is 7.63. The number of carbonyl (C=O) groups excluding carboxylic acids is 1. The Morgan fingerprint density at radius 3 is 2.71 bits per heavy atom. The molecule has 0 fully saturated rings. The maximum Gasteiger partial charge on any atom is 0.327 e. The molecule has 1 aromatic heterocycles. The fourth-order valence-electron chi connectivity index (χ4n) is 1.06. The molecule has 0 aliphatic rings. The zero-order valence-electron chi connectivity index (χ0n) is 9.17. The molecule has 0 saturated carbocycles. The van der Waals surface area contributed by atoms with Gasteiger partial charge in [0.05, 0.1) is 11.9 Å². The highest BCUT2D eigenvalue weighted by atomic mass is 16.4. The summed E-state index contributed by atoms with van der Waals surface area (Å²) in [6, 6.07) is -1.12. The number of hydrogen-bond donors (Lipinski definition) is 2. The molecule has 0 bridgehead atoms. The van der Waals surface area contributed by atoms with E-state index in [2.05, 4.69) is 21.2 Å². The highest BCUT2D eigenvalue weighted by Crippen LogP contribution is 1.97. The summed E-state index contributed by atoms with van der Waals surface area (Å²) in [4.78, 5) is 30.1. The van der Waals surface area contributed by atoms with Crippen LogP contribution in [0.1, 0.15) is 22.6 Å². The Labute approximate surface area is 98.1 Å². The van der Waals surface area contributed by atoms with E-state index in [1.54, 1.807) is 6.92 Å². The number of aromatic nitrogens is 2. The Hall–Kier alpha value is -2.42. The van der Waals surface area contributed by atoms with Gasteiger partial charge in [0.15, 0.2) is 0 Å². The SMILES string of the molecule is C#CCC(NC(=O)c1cnc(C)cn1)C(=O)O. The molecule has 0 saturated heterocycles. The molecular weight excluding hydrogens is 222 g/mol. The van der Waals surface area contributed by atoms with E-state index in [0.717, 1.165) is 0 Å². The second-order valence-electron chi connectivity index (χ2n) is 3.32. The summed E-state index contributed by atoms with van der Waals surface area (Å²) in [5, 5.41) is 11.1. The van der Waals surface area contributed by atoms with Crippen LogP contribution in [0.2, 0.25) is 0 Å².